The van der Waals surface area contributed by atoms with Crippen molar-refractivity contribution in [1.82, 2.24) is 15.3 Å². The molecule has 0 aliphatic heterocycles. The first-order chi connectivity index (χ1) is 9.65. The van der Waals surface area contributed by atoms with Crippen LogP contribution in [-0.4, -0.2) is 22.4 Å². The summed E-state index contributed by atoms with van der Waals surface area (Å²) in [5.74, 6) is -1.08. The van der Waals surface area contributed by atoms with E-state index in [4.69, 9.17) is 0 Å². The molecule has 0 saturated heterocycles. The van der Waals surface area contributed by atoms with E-state index in [0.29, 0.717) is 24.9 Å². The van der Waals surface area contributed by atoms with Gasteiger partial charge in [0.1, 0.15) is 5.82 Å². The van der Waals surface area contributed by atoms with Gasteiger partial charge in [-0.3, -0.25) is 4.79 Å². The standard InChI is InChI=1S/C14H15F2N3O/c15-11-3-1-10(9-12(11)16)2-4-14(20)19-6-5-13-17-7-8-18-13/h1,3,7-9H,2,4-6H2,(H,17,18)(H,19,20). The number of imidazole rings is 1. The summed E-state index contributed by atoms with van der Waals surface area (Å²) in [7, 11) is 0. The van der Waals surface area contributed by atoms with E-state index >= 15 is 0 Å². The fourth-order valence-corrected chi connectivity index (χ4v) is 1.80. The van der Waals surface area contributed by atoms with Crippen molar-refractivity contribution in [2.75, 3.05) is 6.54 Å². The molecule has 0 atom stereocenters. The van der Waals surface area contributed by atoms with Gasteiger partial charge in [-0.2, -0.15) is 0 Å². The number of halogens is 2. The number of carbonyl (C=O) groups is 1. The second-order valence-electron chi connectivity index (χ2n) is 4.38. The first-order valence-corrected chi connectivity index (χ1v) is 6.34. The maximum Gasteiger partial charge on any atom is 0.220 e. The van der Waals surface area contributed by atoms with E-state index in [1.165, 1.54) is 6.07 Å². The Kier molecular flexibility index (Phi) is 4.81. The molecule has 1 aromatic carbocycles. The number of hydrogen-bond acceptors (Lipinski definition) is 2. The van der Waals surface area contributed by atoms with Gasteiger partial charge in [-0.25, -0.2) is 13.8 Å². The summed E-state index contributed by atoms with van der Waals surface area (Å²) >= 11 is 0. The Labute approximate surface area is 115 Å². The number of amides is 1. The Morgan fingerprint density at radius 2 is 2.10 bits per heavy atom. The highest BCUT2D eigenvalue weighted by atomic mass is 19.2. The fourth-order valence-electron chi connectivity index (χ4n) is 1.80. The monoisotopic (exact) mass is 279 g/mol. The molecule has 0 fully saturated rings. The number of nitrogens with zero attached hydrogens (tertiary/aromatic N) is 1. The summed E-state index contributed by atoms with van der Waals surface area (Å²) in [6.07, 6.45) is 4.62. The number of aromatic nitrogens is 2. The average molecular weight is 279 g/mol. The number of aromatic amines is 1. The quantitative estimate of drug-likeness (QED) is 0.849. The van der Waals surface area contributed by atoms with E-state index in [0.717, 1.165) is 18.0 Å². The van der Waals surface area contributed by atoms with Gasteiger partial charge in [-0.15, -0.1) is 0 Å². The predicted molar refractivity (Wildman–Crippen MR) is 70.0 cm³/mol. The van der Waals surface area contributed by atoms with Gasteiger partial charge in [-0.05, 0) is 24.1 Å². The van der Waals surface area contributed by atoms with Crippen LogP contribution in [0.4, 0.5) is 8.78 Å². The minimum Gasteiger partial charge on any atom is -0.356 e. The minimum atomic E-state index is -0.888. The molecule has 2 rings (SSSR count). The summed E-state index contributed by atoms with van der Waals surface area (Å²) in [6.45, 7) is 0.490. The zero-order valence-corrected chi connectivity index (χ0v) is 10.8. The number of rotatable bonds is 6. The zero-order chi connectivity index (χ0) is 14.4. The largest absolute Gasteiger partial charge is 0.356 e. The Balaban J connectivity index is 1.70. The SMILES string of the molecule is O=C(CCc1ccc(F)c(F)c1)NCCc1ncc[nH]1. The molecule has 0 bridgehead atoms. The number of nitrogens with one attached hydrogen (secondary N) is 2. The van der Waals surface area contributed by atoms with Crippen molar-refractivity contribution in [2.45, 2.75) is 19.3 Å². The second kappa shape index (κ2) is 6.79. The Morgan fingerprint density at radius 3 is 2.80 bits per heavy atom. The van der Waals surface area contributed by atoms with E-state index in [1.807, 2.05) is 0 Å². The molecule has 0 unspecified atom stereocenters. The van der Waals surface area contributed by atoms with Crippen molar-refractivity contribution in [1.29, 1.82) is 0 Å². The van der Waals surface area contributed by atoms with Gasteiger partial charge in [0, 0.05) is 31.8 Å². The summed E-state index contributed by atoms with van der Waals surface area (Å²) in [5, 5.41) is 2.75. The molecule has 0 radical (unpaired) electrons. The Hall–Kier alpha value is -2.24. The van der Waals surface area contributed by atoms with Crippen LogP contribution in [0.15, 0.2) is 30.6 Å². The molecule has 4 nitrogen and oxygen atoms in total. The summed E-state index contributed by atoms with van der Waals surface area (Å²) in [6, 6.07) is 3.67. The van der Waals surface area contributed by atoms with Gasteiger partial charge in [0.15, 0.2) is 11.6 Å². The number of hydrogen-bond donors (Lipinski definition) is 2. The molecule has 0 spiro atoms. The van der Waals surface area contributed by atoms with Gasteiger partial charge in [0.2, 0.25) is 5.91 Å². The van der Waals surface area contributed by atoms with Crippen LogP contribution in [0.1, 0.15) is 17.8 Å². The molecule has 1 aromatic heterocycles. The van der Waals surface area contributed by atoms with Crippen LogP contribution in [-0.2, 0) is 17.6 Å². The highest BCUT2D eigenvalue weighted by Gasteiger charge is 2.06. The average Bonchev–Trinajstić information content (AvgIpc) is 2.93. The molecular formula is C14H15F2N3O. The van der Waals surface area contributed by atoms with Crippen LogP contribution in [0.25, 0.3) is 0 Å². The van der Waals surface area contributed by atoms with Crippen LogP contribution in [0.2, 0.25) is 0 Å². The molecule has 20 heavy (non-hydrogen) atoms. The topological polar surface area (TPSA) is 57.8 Å². The number of H-pyrrole nitrogens is 1. The molecule has 1 amide bonds. The lowest BCUT2D eigenvalue weighted by Crippen LogP contribution is -2.26. The highest BCUT2D eigenvalue weighted by molar-refractivity contribution is 5.76. The third kappa shape index (κ3) is 4.15. The predicted octanol–water partition coefficient (Wildman–Crippen LogP) is 1.98. The van der Waals surface area contributed by atoms with Crippen LogP contribution in [0.3, 0.4) is 0 Å². The van der Waals surface area contributed by atoms with Crippen molar-refractivity contribution in [2.24, 2.45) is 0 Å². The lowest BCUT2D eigenvalue weighted by molar-refractivity contribution is -0.121. The van der Waals surface area contributed by atoms with Crippen LogP contribution in [0.5, 0.6) is 0 Å². The summed E-state index contributed by atoms with van der Waals surface area (Å²) in [4.78, 5) is 18.6. The van der Waals surface area contributed by atoms with Crippen molar-refractivity contribution in [3.8, 4) is 0 Å². The molecule has 0 aliphatic carbocycles. The van der Waals surface area contributed by atoms with Crippen molar-refractivity contribution < 1.29 is 13.6 Å². The van der Waals surface area contributed by atoms with E-state index < -0.39 is 11.6 Å². The first kappa shape index (κ1) is 14.2. The summed E-state index contributed by atoms with van der Waals surface area (Å²) in [5.41, 5.74) is 0.602. The smallest absolute Gasteiger partial charge is 0.220 e. The molecule has 2 N–H and O–H groups in total. The molecule has 2 aromatic rings. The lowest BCUT2D eigenvalue weighted by Gasteiger charge is -2.05. The van der Waals surface area contributed by atoms with Gasteiger partial charge < -0.3 is 10.3 Å². The maximum absolute atomic E-state index is 13.0. The van der Waals surface area contributed by atoms with Gasteiger partial charge >= 0.3 is 0 Å². The van der Waals surface area contributed by atoms with Crippen LogP contribution < -0.4 is 5.32 Å². The van der Waals surface area contributed by atoms with Crippen LogP contribution in [0, 0.1) is 11.6 Å². The zero-order valence-electron chi connectivity index (χ0n) is 10.8. The minimum absolute atomic E-state index is 0.124. The second-order valence-corrected chi connectivity index (χ2v) is 4.38. The van der Waals surface area contributed by atoms with Gasteiger partial charge in [-0.1, -0.05) is 6.07 Å². The van der Waals surface area contributed by atoms with E-state index in [-0.39, 0.29) is 12.3 Å². The Bertz CT molecular complexity index is 570. The summed E-state index contributed by atoms with van der Waals surface area (Å²) < 4.78 is 25.7. The molecule has 0 aliphatic rings. The molecule has 106 valence electrons. The third-order valence-electron chi connectivity index (χ3n) is 2.86. The van der Waals surface area contributed by atoms with Crippen LogP contribution >= 0.6 is 0 Å². The third-order valence-corrected chi connectivity index (χ3v) is 2.86. The normalized spacial score (nSPS) is 10.5. The van der Waals surface area contributed by atoms with Gasteiger partial charge in [0.05, 0.1) is 0 Å². The highest BCUT2D eigenvalue weighted by Crippen LogP contribution is 2.10. The van der Waals surface area contributed by atoms with E-state index in [2.05, 4.69) is 15.3 Å². The number of aryl methyl sites for hydroxylation is 1. The lowest BCUT2D eigenvalue weighted by atomic mass is 10.1. The fraction of sp³-hybridized carbons (Fsp3) is 0.286. The molecule has 0 saturated carbocycles. The number of carbonyl (C=O) groups excluding carboxylic acids is 1. The Morgan fingerprint density at radius 1 is 1.25 bits per heavy atom. The van der Waals surface area contributed by atoms with Crippen molar-refractivity contribution in [3.63, 3.8) is 0 Å². The van der Waals surface area contributed by atoms with Crippen molar-refractivity contribution >= 4 is 5.91 Å². The number of benzene rings is 1. The van der Waals surface area contributed by atoms with Crippen molar-refractivity contribution in [3.05, 3.63) is 53.6 Å². The van der Waals surface area contributed by atoms with Gasteiger partial charge in [0.25, 0.3) is 0 Å². The van der Waals surface area contributed by atoms with E-state index in [1.54, 1.807) is 12.4 Å². The van der Waals surface area contributed by atoms with E-state index in [9.17, 15) is 13.6 Å². The molecular weight excluding hydrogens is 264 g/mol. The first-order valence-electron chi connectivity index (χ1n) is 6.34. The molecule has 1 heterocycles. The maximum atomic E-state index is 13.0. The molecule has 6 heteroatoms.